The number of piperidine rings is 1. The first-order chi connectivity index (χ1) is 12.7. The molecule has 2 unspecified atom stereocenters. The molecule has 1 amide bonds. The van der Waals surface area contributed by atoms with Crippen molar-refractivity contribution in [3.63, 3.8) is 0 Å². The second-order valence-corrected chi connectivity index (χ2v) is 7.94. The van der Waals surface area contributed by atoms with Crippen molar-refractivity contribution >= 4 is 33.3 Å². The van der Waals surface area contributed by atoms with Gasteiger partial charge in [-0.05, 0) is 34.2 Å². The lowest BCUT2D eigenvalue weighted by molar-refractivity contribution is 0.0999. The van der Waals surface area contributed by atoms with Crippen molar-refractivity contribution in [2.75, 3.05) is 18.0 Å². The van der Waals surface area contributed by atoms with Crippen molar-refractivity contribution in [3.05, 3.63) is 53.2 Å². The molecule has 7 heteroatoms. The topological polar surface area (TPSA) is 84.1 Å². The quantitative estimate of drug-likeness (QED) is 0.723. The molecule has 2 aromatic heterocycles. The molecule has 132 valence electrons. The Hall–Kier alpha value is -2.51. The number of nitrogens with zero attached hydrogens (tertiary/aromatic N) is 3. The Balaban J connectivity index is 1.18. The van der Waals surface area contributed by atoms with Crippen molar-refractivity contribution in [2.45, 2.75) is 12.6 Å². The average Bonchev–Trinajstić information content (AvgIpc) is 3.03. The highest BCUT2D eigenvalue weighted by molar-refractivity contribution is 7.17. The Kier molecular flexibility index (Phi) is 3.65. The van der Waals surface area contributed by atoms with Gasteiger partial charge in [-0.3, -0.25) is 4.79 Å². The van der Waals surface area contributed by atoms with Crippen molar-refractivity contribution in [2.24, 2.45) is 17.6 Å². The molecule has 1 aliphatic heterocycles. The number of carbonyl (C=O) groups is 1. The zero-order chi connectivity index (χ0) is 17.7. The van der Waals surface area contributed by atoms with Crippen molar-refractivity contribution in [3.8, 4) is 0 Å². The van der Waals surface area contributed by atoms with Crippen molar-refractivity contribution in [1.29, 1.82) is 0 Å². The third kappa shape index (κ3) is 2.64. The number of carbonyl (C=O) groups excluding carboxylic acids is 1. The van der Waals surface area contributed by atoms with E-state index < -0.39 is 5.91 Å². The van der Waals surface area contributed by atoms with Gasteiger partial charge in [-0.25, -0.2) is 9.97 Å². The smallest absolute Gasteiger partial charge is 0.251 e. The SMILES string of the molecule is NC(=O)c1cnc(N2CC3C(C2)C3NCc2csc3ccccc23)nc1. The third-order valence-electron chi connectivity index (χ3n) is 5.49. The molecular formula is C19H19N5OS. The Labute approximate surface area is 155 Å². The van der Waals surface area contributed by atoms with E-state index in [1.165, 1.54) is 28.0 Å². The summed E-state index contributed by atoms with van der Waals surface area (Å²) >= 11 is 1.81. The highest BCUT2D eigenvalue weighted by Crippen LogP contribution is 2.46. The summed E-state index contributed by atoms with van der Waals surface area (Å²) in [5.74, 6) is 1.49. The van der Waals surface area contributed by atoms with E-state index in [1.54, 1.807) is 0 Å². The molecule has 0 bridgehead atoms. The molecule has 2 atom stereocenters. The summed E-state index contributed by atoms with van der Waals surface area (Å²) in [6, 6.07) is 9.15. The number of benzene rings is 1. The molecule has 3 aromatic rings. The van der Waals surface area contributed by atoms with Crippen LogP contribution in [0.15, 0.2) is 42.0 Å². The van der Waals surface area contributed by atoms with Gasteiger partial charge in [-0.2, -0.15) is 0 Å². The average molecular weight is 365 g/mol. The zero-order valence-electron chi connectivity index (χ0n) is 14.1. The summed E-state index contributed by atoms with van der Waals surface area (Å²) in [6.07, 6.45) is 3.01. The van der Waals surface area contributed by atoms with Gasteiger partial charge < -0.3 is 16.0 Å². The van der Waals surface area contributed by atoms with Crippen LogP contribution < -0.4 is 16.0 Å². The Morgan fingerprint density at radius 2 is 1.96 bits per heavy atom. The second kappa shape index (κ2) is 6.03. The van der Waals surface area contributed by atoms with E-state index in [2.05, 4.69) is 49.8 Å². The van der Waals surface area contributed by atoms with Crippen LogP contribution in [0, 0.1) is 11.8 Å². The van der Waals surface area contributed by atoms with Gasteiger partial charge >= 0.3 is 0 Å². The van der Waals surface area contributed by atoms with E-state index in [0.29, 0.717) is 29.4 Å². The number of hydrogen-bond donors (Lipinski definition) is 2. The lowest BCUT2D eigenvalue weighted by atomic mass is 10.2. The molecule has 1 aliphatic carbocycles. The van der Waals surface area contributed by atoms with Crippen molar-refractivity contribution < 1.29 is 4.79 Å². The molecule has 2 fully saturated rings. The molecule has 3 N–H and O–H groups in total. The maximum absolute atomic E-state index is 11.1. The molecule has 1 saturated carbocycles. The number of aromatic nitrogens is 2. The first kappa shape index (κ1) is 15.7. The summed E-state index contributed by atoms with van der Waals surface area (Å²) in [7, 11) is 0. The molecule has 6 nitrogen and oxygen atoms in total. The highest BCUT2D eigenvalue weighted by atomic mass is 32.1. The van der Waals surface area contributed by atoms with Crippen LogP contribution in [0.25, 0.3) is 10.1 Å². The van der Waals surface area contributed by atoms with Crippen LogP contribution in [0.5, 0.6) is 0 Å². The van der Waals surface area contributed by atoms with Gasteiger partial charge in [0.05, 0.1) is 5.56 Å². The number of anilines is 1. The van der Waals surface area contributed by atoms with E-state index in [-0.39, 0.29) is 0 Å². The number of fused-ring (bicyclic) bond motifs is 2. The van der Waals surface area contributed by atoms with E-state index in [9.17, 15) is 4.79 Å². The fraction of sp³-hybridized carbons (Fsp3) is 0.316. The van der Waals surface area contributed by atoms with Crippen LogP contribution in [0.2, 0.25) is 0 Å². The molecule has 1 aromatic carbocycles. The van der Waals surface area contributed by atoms with E-state index in [1.807, 2.05) is 11.3 Å². The zero-order valence-corrected chi connectivity index (χ0v) is 14.9. The normalized spacial score (nSPS) is 24.0. The van der Waals surface area contributed by atoms with Crippen LogP contribution in [-0.2, 0) is 6.54 Å². The van der Waals surface area contributed by atoms with Crippen LogP contribution >= 0.6 is 11.3 Å². The monoisotopic (exact) mass is 365 g/mol. The van der Waals surface area contributed by atoms with E-state index in [4.69, 9.17) is 5.73 Å². The number of amides is 1. The number of primary amides is 1. The van der Waals surface area contributed by atoms with Crippen LogP contribution in [-0.4, -0.2) is 35.0 Å². The van der Waals surface area contributed by atoms with Gasteiger partial charge in [0.1, 0.15) is 0 Å². The number of hydrogen-bond acceptors (Lipinski definition) is 6. The Morgan fingerprint density at radius 1 is 1.23 bits per heavy atom. The van der Waals surface area contributed by atoms with Gasteiger partial charge in [-0.15, -0.1) is 11.3 Å². The number of rotatable bonds is 5. The summed E-state index contributed by atoms with van der Waals surface area (Å²) < 4.78 is 1.35. The minimum atomic E-state index is -0.494. The summed E-state index contributed by atoms with van der Waals surface area (Å²) in [6.45, 7) is 2.84. The second-order valence-electron chi connectivity index (χ2n) is 7.03. The minimum absolute atomic E-state index is 0.348. The van der Waals surface area contributed by atoms with Crippen LogP contribution in [0.4, 0.5) is 5.95 Å². The lowest BCUT2D eigenvalue weighted by Crippen LogP contribution is -2.32. The van der Waals surface area contributed by atoms with E-state index >= 15 is 0 Å². The molecule has 2 aliphatic rings. The van der Waals surface area contributed by atoms with Crippen molar-refractivity contribution in [1.82, 2.24) is 15.3 Å². The largest absolute Gasteiger partial charge is 0.366 e. The first-order valence-electron chi connectivity index (χ1n) is 8.76. The summed E-state index contributed by atoms with van der Waals surface area (Å²) in [5.41, 5.74) is 6.97. The molecule has 5 rings (SSSR count). The molecule has 3 heterocycles. The molecule has 0 spiro atoms. The standard InChI is InChI=1S/C19H19N5OS/c20-18(25)11-5-22-19(23-6-11)24-8-14-15(9-24)17(14)21-7-12-10-26-16-4-2-1-3-13(12)16/h1-6,10,14-15,17,21H,7-9H2,(H2,20,25). The molecule has 1 saturated heterocycles. The molecular weight excluding hydrogens is 346 g/mol. The summed E-state index contributed by atoms with van der Waals surface area (Å²) in [5, 5.41) is 7.35. The fourth-order valence-corrected chi connectivity index (χ4v) is 4.96. The lowest BCUT2D eigenvalue weighted by Gasteiger charge is -2.20. The summed E-state index contributed by atoms with van der Waals surface area (Å²) in [4.78, 5) is 21.9. The van der Waals surface area contributed by atoms with Gasteiger partial charge in [0, 0.05) is 42.8 Å². The fourth-order valence-electron chi connectivity index (χ4n) is 4.00. The van der Waals surface area contributed by atoms with Gasteiger partial charge in [0.15, 0.2) is 0 Å². The maximum Gasteiger partial charge on any atom is 0.251 e. The maximum atomic E-state index is 11.1. The Bertz CT molecular complexity index is 957. The predicted molar refractivity (Wildman–Crippen MR) is 102 cm³/mol. The van der Waals surface area contributed by atoms with Crippen LogP contribution in [0.1, 0.15) is 15.9 Å². The molecule has 26 heavy (non-hydrogen) atoms. The Morgan fingerprint density at radius 3 is 2.69 bits per heavy atom. The van der Waals surface area contributed by atoms with Gasteiger partial charge in [-0.1, -0.05) is 18.2 Å². The number of thiophene rings is 1. The third-order valence-corrected chi connectivity index (χ3v) is 6.50. The predicted octanol–water partition coefficient (Wildman–Crippen LogP) is 2.01. The van der Waals surface area contributed by atoms with E-state index in [0.717, 1.165) is 19.6 Å². The highest BCUT2D eigenvalue weighted by Gasteiger charge is 2.55. The molecule has 0 radical (unpaired) electrons. The first-order valence-corrected chi connectivity index (χ1v) is 9.64. The van der Waals surface area contributed by atoms with Crippen LogP contribution in [0.3, 0.4) is 0 Å². The minimum Gasteiger partial charge on any atom is -0.366 e. The van der Waals surface area contributed by atoms with Gasteiger partial charge in [0.2, 0.25) is 5.95 Å². The van der Waals surface area contributed by atoms with Gasteiger partial charge in [0.25, 0.3) is 5.91 Å². The number of nitrogens with two attached hydrogens (primary N) is 1. The number of nitrogens with one attached hydrogen (secondary N) is 1.